The SMILES string of the molecule is CCNC(COC)Cn1ccnc1CC. The molecule has 0 spiro atoms. The maximum atomic E-state index is 5.18. The fourth-order valence-electron chi connectivity index (χ4n) is 1.72. The Kier molecular flexibility index (Phi) is 5.36. The molecule has 0 aliphatic heterocycles. The number of aryl methyl sites for hydroxylation is 1. The van der Waals surface area contributed by atoms with Crippen LogP contribution in [-0.4, -0.2) is 35.9 Å². The summed E-state index contributed by atoms with van der Waals surface area (Å²) in [4.78, 5) is 4.30. The van der Waals surface area contributed by atoms with Gasteiger partial charge in [-0.2, -0.15) is 0 Å². The van der Waals surface area contributed by atoms with Crippen LogP contribution < -0.4 is 5.32 Å². The van der Waals surface area contributed by atoms with E-state index in [-0.39, 0.29) is 0 Å². The molecule has 1 aromatic heterocycles. The molecule has 1 unspecified atom stereocenters. The van der Waals surface area contributed by atoms with Crippen molar-refractivity contribution in [3.05, 3.63) is 18.2 Å². The molecule has 1 N–H and O–H groups in total. The van der Waals surface area contributed by atoms with E-state index >= 15 is 0 Å². The van der Waals surface area contributed by atoms with Crippen LogP contribution in [-0.2, 0) is 17.7 Å². The molecule has 0 saturated carbocycles. The fraction of sp³-hybridized carbons (Fsp3) is 0.727. The van der Waals surface area contributed by atoms with Crippen molar-refractivity contribution in [2.45, 2.75) is 32.9 Å². The van der Waals surface area contributed by atoms with Crippen molar-refractivity contribution in [1.82, 2.24) is 14.9 Å². The van der Waals surface area contributed by atoms with E-state index in [9.17, 15) is 0 Å². The van der Waals surface area contributed by atoms with Crippen molar-refractivity contribution in [3.8, 4) is 0 Å². The third-order valence-electron chi connectivity index (χ3n) is 2.40. The minimum absolute atomic E-state index is 0.361. The van der Waals surface area contributed by atoms with Crippen molar-refractivity contribution in [2.75, 3.05) is 20.3 Å². The van der Waals surface area contributed by atoms with Crippen LogP contribution in [0.2, 0.25) is 0 Å². The Morgan fingerprint density at radius 2 is 2.33 bits per heavy atom. The lowest BCUT2D eigenvalue weighted by Gasteiger charge is -2.18. The molecule has 0 fully saturated rings. The first-order valence-electron chi connectivity index (χ1n) is 5.54. The minimum Gasteiger partial charge on any atom is -0.383 e. The van der Waals surface area contributed by atoms with E-state index in [0.29, 0.717) is 6.04 Å². The number of nitrogens with zero attached hydrogens (tertiary/aromatic N) is 2. The number of methoxy groups -OCH3 is 1. The molecule has 0 aliphatic carbocycles. The fourth-order valence-corrected chi connectivity index (χ4v) is 1.72. The molecule has 0 bridgehead atoms. The molecule has 0 aliphatic rings. The molecule has 0 radical (unpaired) electrons. The van der Waals surface area contributed by atoms with Gasteiger partial charge in [0.1, 0.15) is 5.82 Å². The van der Waals surface area contributed by atoms with E-state index in [1.54, 1.807) is 7.11 Å². The van der Waals surface area contributed by atoms with Gasteiger partial charge in [-0.25, -0.2) is 4.98 Å². The highest BCUT2D eigenvalue weighted by atomic mass is 16.5. The minimum atomic E-state index is 0.361. The average molecular weight is 211 g/mol. The van der Waals surface area contributed by atoms with Gasteiger partial charge in [-0.15, -0.1) is 0 Å². The van der Waals surface area contributed by atoms with Crippen LogP contribution >= 0.6 is 0 Å². The van der Waals surface area contributed by atoms with E-state index in [1.807, 2.05) is 12.4 Å². The van der Waals surface area contributed by atoms with Crippen LogP contribution in [0.4, 0.5) is 0 Å². The monoisotopic (exact) mass is 211 g/mol. The molecular formula is C11H21N3O. The third kappa shape index (κ3) is 3.64. The summed E-state index contributed by atoms with van der Waals surface area (Å²) in [5, 5.41) is 3.40. The topological polar surface area (TPSA) is 39.1 Å². The van der Waals surface area contributed by atoms with Gasteiger partial charge in [0.15, 0.2) is 0 Å². The third-order valence-corrected chi connectivity index (χ3v) is 2.40. The second kappa shape index (κ2) is 6.58. The number of nitrogens with one attached hydrogen (secondary N) is 1. The highest BCUT2D eigenvalue weighted by Gasteiger charge is 2.09. The molecule has 0 saturated heterocycles. The summed E-state index contributed by atoms with van der Waals surface area (Å²) in [5.41, 5.74) is 0. The molecule has 4 heteroatoms. The summed E-state index contributed by atoms with van der Waals surface area (Å²) < 4.78 is 7.37. The van der Waals surface area contributed by atoms with Crippen LogP contribution in [0, 0.1) is 0 Å². The van der Waals surface area contributed by atoms with Gasteiger partial charge in [-0.3, -0.25) is 0 Å². The molecule has 0 aromatic carbocycles. The number of hydrogen-bond donors (Lipinski definition) is 1. The van der Waals surface area contributed by atoms with Gasteiger partial charge >= 0.3 is 0 Å². The zero-order valence-electron chi connectivity index (χ0n) is 9.86. The molecule has 15 heavy (non-hydrogen) atoms. The number of rotatable bonds is 7. The van der Waals surface area contributed by atoms with Crippen molar-refractivity contribution in [1.29, 1.82) is 0 Å². The van der Waals surface area contributed by atoms with Crippen molar-refractivity contribution in [3.63, 3.8) is 0 Å². The first kappa shape index (κ1) is 12.2. The second-order valence-electron chi connectivity index (χ2n) is 3.56. The maximum Gasteiger partial charge on any atom is 0.108 e. The van der Waals surface area contributed by atoms with E-state index in [0.717, 1.165) is 31.9 Å². The van der Waals surface area contributed by atoms with Crippen LogP contribution in [0.15, 0.2) is 12.4 Å². The van der Waals surface area contributed by atoms with E-state index in [2.05, 4.69) is 28.7 Å². The quantitative estimate of drug-likeness (QED) is 0.733. The van der Waals surface area contributed by atoms with Crippen molar-refractivity contribution >= 4 is 0 Å². The predicted octanol–water partition coefficient (Wildman–Crippen LogP) is 1.07. The number of ether oxygens (including phenoxy) is 1. The summed E-state index contributed by atoms with van der Waals surface area (Å²) in [7, 11) is 1.74. The van der Waals surface area contributed by atoms with Gasteiger partial charge in [0.2, 0.25) is 0 Å². The van der Waals surface area contributed by atoms with Crippen LogP contribution in [0.3, 0.4) is 0 Å². The largest absolute Gasteiger partial charge is 0.383 e. The Hall–Kier alpha value is -0.870. The molecule has 1 aromatic rings. The summed E-state index contributed by atoms with van der Waals surface area (Å²) in [5.74, 6) is 1.13. The zero-order chi connectivity index (χ0) is 11.1. The van der Waals surface area contributed by atoms with Gasteiger partial charge in [0.25, 0.3) is 0 Å². The molecule has 0 amide bonds. The van der Waals surface area contributed by atoms with Gasteiger partial charge in [0.05, 0.1) is 6.61 Å². The number of likely N-dealkylation sites (N-methyl/N-ethyl adjacent to an activating group) is 1. The predicted molar refractivity (Wildman–Crippen MR) is 60.9 cm³/mol. The van der Waals surface area contributed by atoms with Crippen LogP contribution in [0.25, 0.3) is 0 Å². The standard InChI is InChI=1S/C11H21N3O/c1-4-11-13-6-7-14(11)8-10(9-15-3)12-5-2/h6-7,10,12H,4-5,8-9H2,1-3H3. The molecule has 86 valence electrons. The maximum absolute atomic E-state index is 5.18. The Balaban J connectivity index is 2.56. The van der Waals surface area contributed by atoms with Gasteiger partial charge < -0.3 is 14.6 Å². The lowest BCUT2D eigenvalue weighted by atomic mass is 10.3. The number of hydrogen-bond acceptors (Lipinski definition) is 3. The summed E-state index contributed by atoms with van der Waals surface area (Å²) >= 11 is 0. The molecule has 1 atom stereocenters. The highest BCUT2D eigenvalue weighted by molar-refractivity contribution is 4.92. The van der Waals surface area contributed by atoms with Gasteiger partial charge in [0, 0.05) is 38.5 Å². The Labute approximate surface area is 91.7 Å². The van der Waals surface area contributed by atoms with Crippen molar-refractivity contribution < 1.29 is 4.74 Å². The van der Waals surface area contributed by atoms with E-state index in [1.165, 1.54) is 0 Å². The molecular weight excluding hydrogens is 190 g/mol. The van der Waals surface area contributed by atoms with Gasteiger partial charge in [-0.1, -0.05) is 13.8 Å². The molecule has 4 nitrogen and oxygen atoms in total. The lowest BCUT2D eigenvalue weighted by Crippen LogP contribution is -2.37. The van der Waals surface area contributed by atoms with Gasteiger partial charge in [-0.05, 0) is 6.54 Å². The van der Waals surface area contributed by atoms with Crippen molar-refractivity contribution in [2.24, 2.45) is 0 Å². The first-order chi connectivity index (χ1) is 7.31. The summed E-state index contributed by atoms with van der Waals surface area (Å²) in [6.07, 6.45) is 4.85. The summed E-state index contributed by atoms with van der Waals surface area (Å²) in [6, 6.07) is 0.361. The normalized spacial score (nSPS) is 13.0. The molecule has 1 heterocycles. The Morgan fingerprint density at radius 3 is 2.93 bits per heavy atom. The molecule has 1 rings (SSSR count). The highest BCUT2D eigenvalue weighted by Crippen LogP contribution is 2.01. The number of aromatic nitrogens is 2. The second-order valence-corrected chi connectivity index (χ2v) is 3.56. The van der Waals surface area contributed by atoms with E-state index in [4.69, 9.17) is 4.74 Å². The van der Waals surface area contributed by atoms with Crippen LogP contribution in [0.1, 0.15) is 19.7 Å². The first-order valence-corrected chi connectivity index (χ1v) is 5.54. The van der Waals surface area contributed by atoms with E-state index < -0.39 is 0 Å². The van der Waals surface area contributed by atoms with Crippen LogP contribution in [0.5, 0.6) is 0 Å². The smallest absolute Gasteiger partial charge is 0.108 e. The zero-order valence-corrected chi connectivity index (χ0v) is 9.86. The summed E-state index contributed by atoms with van der Waals surface area (Å²) in [6.45, 7) is 6.85. The average Bonchev–Trinajstić information content (AvgIpc) is 2.66. The Bertz CT molecular complexity index is 267. The Morgan fingerprint density at radius 1 is 1.53 bits per heavy atom. The lowest BCUT2D eigenvalue weighted by molar-refractivity contribution is 0.159. The number of imidazole rings is 1.